The summed E-state index contributed by atoms with van der Waals surface area (Å²) in [5.74, 6) is -2.86. The van der Waals surface area contributed by atoms with Gasteiger partial charge in [0.05, 0.1) is 18.1 Å². The Kier molecular flexibility index (Phi) is 7.57. The maximum atomic E-state index is 14.4. The maximum Gasteiger partial charge on any atom is 0.313 e. The van der Waals surface area contributed by atoms with Gasteiger partial charge >= 0.3 is 5.97 Å². The fourth-order valence-electron chi connectivity index (χ4n) is 6.78. The molecular weight excluding hydrogens is 498 g/mol. The van der Waals surface area contributed by atoms with Crippen molar-refractivity contribution in [2.24, 2.45) is 11.8 Å². The van der Waals surface area contributed by atoms with Gasteiger partial charge < -0.3 is 29.3 Å². The first-order chi connectivity index (χ1) is 18.8. The number of ether oxygens (including phenoxy) is 2. The number of fused-ring (bicyclic) bond motifs is 2. The molecule has 2 saturated heterocycles. The minimum atomic E-state index is -1.33. The minimum Gasteiger partial charge on any atom is -0.465 e. The molecule has 2 amide bonds. The number of likely N-dealkylation sites (tertiary alicyclic amines) is 1. The summed E-state index contributed by atoms with van der Waals surface area (Å²) >= 11 is 0. The Hall–Kier alpha value is -3.17. The van der Waals surface area contributed by atoms with Crippen LogP contribution in [0.2, 0.25) is 0 Å². The average Bonchev–Trinajstić information content (AvgIpc) is 3.27. The summed E-state index contributed by atoms with van der Waals surface area (Å²) in [6.45, 7) is 8.41. The normalized spacial score (nSPS) is 32.9. The summed E-state index contributed by atoms with van der Waals surface area (Å²) in [5, 5.41) is 9.58. The van der Waals surface area contributed by atoms with Crippen LogP contribution >= 0.6 is 0 Å². The van der Waals surface area contributed by atoms with Crippen LogP contribution in [0.3, 0.4) is 0 Å². The van der Waals surface area contributed by atoms with Crippen LogP contribution in [0.1, 0.15) is 40.0 Å². The van der Waals surface area contributed by atoms with Gasteiger partial charge in [-0.25, -0.2) is 0 Å². The van der Waals surface area contributed by atoms with Gasteiger partial charge in [0.15, 0.2) is 0 Å². The molecule has 2 fully saturated rings. The zero-order chi connectivity index (χ0) is 27.8. The number of amides is 2. The number of cyclic esters (lactones) is 1. The summed E-state index contributed by atoms with van der Waals surface area (Å²) < 4.78 is 12.4. The Labute approximate surface area is 230 Å². The molecule has 5 atom stereocenters. The summed E-state index contributed by atoms with van der Waals surface area (Å²) in [6, 6.07) is 6.89. The van der Waals surface area contributed by atoms with Crippen molar-refractivity contribution >= 4 is 29.2 Å². The molecule has 1 N–H and O–H groups in total. The van der Waals surface area contributed by atoms with Crippen LogP contribution in [0.25, 0.3) is 0 Å². The second-order valence-electron chi connectivity index (χ2n) is 10.9. The van der Waals surface area contributed by atoms with Crippen molar-refractivity contribution in [3.05, 3.63) is 48.6 Å². The van der Waals surface area contributed by atoms with E-state index in [1.165, 1.54) is 4.90 Å². The van der Waals surface area contributed by atoms with Crippen LogP contribution in [0, 0.1) is 11.8 Å². The number of carbonyl (C=O) groups is 3. The van der Waals surface area contributed by atoms with E-state index < -0.39 is 35.0 Å². The van der Waals surface area contributed by atoms with E-state index in [0.29, 0.717) is 19.4 Å². The van der Waals surface area contributed by atoms with Crippen molar-refractivity contribution in [1.82, 2.24) is 4.90 Å². The van der Waals surface area contributed by atoms with Crippen LogP contribution < -0.4 is 9.80 Å². The molecule has 0 saturated carbocycles. The number of rotatable bonds is 7. The standard InChI is InChI=1S/C30H39N3O6/c1-4-31(5-2)21-11-13-22(14-12-21)32-17-9-16-30-23(26(35)33(18-10-19-34)25(30)27(32)36)24-28(37)38-20-8-6-7-15-29(24,3)39-30/h7,9,11-16,23-25,34H,4-6,8,10,17-20H2,1-3H3/b15-7-/t23-,24+,25?,29-,30-/m0/s1. The molecule has 4 aliphatic heterocycles. The van der Waals surface area contributed by atoms with Crippen LogP contribution in [0.15, 0.2) is 48.6 Å². The molecule has 1 aromatic rings. The van der Waals surface area contributed by atoms with E-state index in [-0.39, 0.29) is 31.6 Å². The maximum absolute atomic E-state index is 14.4. The highest BCUT2D eigenvalue weighted by molar-refractivity contribution is 6.05. The van der Waals surface area contributed by atoms with Crippen LogP contribution in [-0.2, 0) is 23.9 Å². The van der Waals surface area contributed by atoms with Crippen molar-refractivity contribution in [3.8, 4) is 0 Å². The van der Waals surface area contributed by atoms with E-state index >= 15 is 0 Å². The lowest BCUT2D eigenvalue weighted by atomic mass is 9.74. The van der Waals surface area contributed by atoms with E-state index in [2.05, 4.69) is 18.7 Å². The molecule has 0 aromatic heterocycles. The second-order valence-corrected chi connectivity index (χ2v) is 10.9. The molecule has 4 heterocycles. The van der Waals surface area contributed by atoms with Gasteiger partial charge in [-0.15, -0.1) is 0 Å². The summed E-state index contributed by atoms with van der Waals surface area (Å²) in [6.07, 6.45) is 9.27. The van der Waals surface area contributed by atoms with Crippen molar-refractivity contribution < 1.29 is 29.0 Å². The Morgan fingerprint density at radius 3 is 2.46 bits per heavy atom. The molecule has 9 heteroatoms. The Balaban J connectivity index is 1.57. The van der Waals surface area contributed by atoms with Gasteiger partial charge in [0, 0.05) is 44.2 Å². The third-order valence-corrected chi connectivity index (χ3v) is 8.60. The Morgan fingerprint density at radius 1 is 1.03 bits per heavy atom. The molecule has 5 rings (SSSR count). The average molecular weight is 538 g/mol. The second kappa shape index (κ2) is 10.8. The molecule has 9 nitrogen and oxygen atoms in total. The molecule has 1 unspecified atom stereocenters. The number of esters is 1. The van der Waals surface area contributed by atoms with E-state index in [0.717, 1.165) is 30.9 Å². The lowest BCUT2D eigenvalue weighted by molar-refractivity contribution is -0.158. The van der Waals surface area contributed by atoms with E-state index in [4.69, 9.17) is 9.47 Å². The number of allylic oxidation sites excluding steroid dienone is 1. The first-order valence-corrected chi connectivity index (χ1v) is 14.1. The fourth-order valence-corrected chi connectivity index (χ4v) is 6.78. The largest absolute Gasteiger partial charge is 0.465 e. The zero-order valence-corrected chi connectivity index (χ0v) is 23.0. The number of aliphatic hydroxyl groups is 1. The van der Waals surface area contributed by atoms with E-state index in [1.54, 1.807) is 4.90 Å². The van der Waals surface area contributed by atoms with Gasteiger partial charge in [0.1, 0.15) is 17.6 Å². The van der Waals surface area contributed by atoms with Gasteiger partial charge in [-0.05, 0) is 64.3 Å². The van der Waals surface area contributed by atoms with Crippen molar-refractivity contribution in [2.45, 2.75) is 57.3 Å². The van der Waals surface area contributed by atoms with Crippen LogP contribution in [0.4, 0.5) is 11.4 Å². The van der Waals surface area contributed by atoms with Crippen LogP contribution in [0.5, 0.6) is 0 Å². The highest BCUT2D eigenvalue weighted by atomic mass is 16.6. The van der Waals surface area contributed by atoms with Gasteiger partial charge in [-0.1, -0.05) is 24.3 Å². The number of hydrogen-bond donors (Lipinski definition) is 1. The quantitative estimate of drug-likeness (QED) is 0.422. The Morgan fingerprint density at radius 2 is 1.77 bits per heavy atom. The molecular formula is C30H39N3O6. The SMILES string of the molecule is CCN(CC)c1ccc(N2CC=C[C@]34O[C@@]5(C)/C=C\CCCOC(=O)[C@H]5[C@H]3C(=O)N(CCCO)C4C2=O)cc1. The number of anilines is 2. The van der Waals surface area contributed by atoms with Gasteiger partial charge in [-0.2, -0.15) is 0 Å². The highest BCUT2D eigenvalue weighted by Gasteiger charge is 2.74. The first-order valence-electron chi connectivity index (χ1n) is 14.1. The molecule has 4 aliphatic rings. The van der Waals surface area contributed by atoms with Crippen LogP contribution in [-0.4, -0.2) is 84.4 Å². The lowest BCUT2D eigenvalue weighted by Crippen LogP contribution is -2.56. The monoisotopic (exact) mass is 537 g/mol. The van der Waals surface area contributed by atoms with E-state index in [1.807, 2.05) is 55.5 Å². The van der Waals surface area contributed by atoms with Crippen molar-refractivity contribution in [2.75, 3.05) is 49.2 Å². The molecule has 0 radical (unpaired) electrons. The number of hydrogen-bond acceptors (Lipinski definition) is 7. The highest BCUT2D eigenvalue weighted by Crippen LogP contribution is 2.57. The van der Waals surface area contributed by atoms with Gasteiger partial charge in [0.25, 0.3) is 5.91 Å². The number of carbonyl (C=O) groups excluding carboxylic acids is 3. The minimum absolute atomic E-state index is 0.124. The molecule has 39 heavy (non-hydrogen) atoms. The smallest absolute Gasteiger partial charge is 0.313 e. The predicted molar refractivity (Wildman–Crippen MR) is 147 cm³/mol. The third kappa shape index (κ3) is 4.45. The van der Waals surface area contributed by atoms with Crippen molar-refractivity contribution in [3.63, 3.8) is 0 Å². The molecule has 1 aromatic carbocycles. The van der Waals surface area contributed by atoms with E-state index in [9.17, 15) is 19.5 Å². The summed E-state index contributed by atoms with van der Waals surface area (Å²) in [7, 11) is 0. The van der Waals surface area contributed by atoms with Gasteiger partial charge in [0.2, 0.25) is 5.91 Å². The summed E-state index contributed by atoms with van der Waals surface area (Å²) in [5.41, 5.74) is -0.639. The third-order valence-electron chi connectivity index (χ3n) is 8.60. The van der Waals surface area contributed by atoms with Gasteiger partial charge in [-0.3, -0.25) is 14.4 Å². The Bertz CT molecular complexity index is 1160. The molecule has 0 bridgehead atoms. The molecule has 1 spiro atoms. The zero-order valence-electron chi connectivity index (χ0n) is 23.0. The first kappa shape index (κ1) is 27.4. The lowest BCUT2D eigenvalue weighted by Gasteiger charge is -2.37. The number of aliphatic hydroxyl groups excluding tert-OH is 1. The number of benzene rings is 1. The number of nitrogens with zero attached hydrogens (tertiary/aromatic N) is 3. The molecule has 210 valence electrons. The van der Waals surface area contributed by atoms with Crippen molar-refractivity contribution in [1.29, 1.82) is 0 Å². The predicted octanol–water partition coefficient (Wildman–Crippen LogP) is 2.68. The fraction of sp³-hybridized carbons (Fsp3) is 0.567. The summed E-state index contributed by atoms with van der Waals surface area (Å²) in [4.78, 5) is 47.3. The topological polar surface area (TPSA) is 99.6 Å². The molecule has 0 aliphatic carbocycles.